The van der Waals surface area contributed by atoms with Crippen molar-refractivity contribution in [1.29, 1.82) is 0 Å². The summed E-state index contributed by atoms with van der Waals surface area (Å²) in [7, 11) is 1.70. The number of benzene rings is 1. The van der Waals surface area contributed by atoms with Gasteiger partial charge in [-0.15, -0.1) is 0 Å². The Labute approximate surface area is 198 Å². The van der Waals surface area contributed by atoms with Gasteiger partial charge >= 0.3 is 5.97 Å². The minimum Gasteiger partial charge on any atom is -0.497 e. The fraction of sp³-hybridized carbons (Fsp3) is 0.643. The first-order valence-electron chi connectivity index (χ1n) is 13.0. The minimum absolute atomic E-state index is 0.299. The van der Waals surface area contributed by atoms with Gasteiger partial charge in [-0.3, -0.25) is 9.78 Å². The Hall–Kier alpha value is -2.14. The monoisotopic (exact) mass is 452 g/mol. The molecule has 2 heterocycles. The second-order valence-electron chi connectivity index (χ2n) is 10.3. The summed E-state index contributed by atoms with van der Waals surface area (Å²) >= 11 is 0. The predicted molar refractivity (Wildman–Crippen MR) is 133 cm³/mol. The van der Waals surface area contributed by atoms with E-state index in [0.717, 1.165) is 43.0 Å². The zero-order valence-corrected chi connectivity index (χ0v) is 20.2. The quantitative estimate of drug-likeness (QED) is 0.483. The number of aliphatic carboxylic acids is 1. The summed E-state index contributed by atoms with van der Waals surface area (Å²) in [6, 6.07) is 8.22. The van der Waals surface area contributed by atoms with Crippen molar-refractivity contribution < 1.29 is 14.6 Å². The first kappa shape index (κ1) is 24.0. The SMILES string of the molecule is COc1ccc2nccc(CCCC3CCN(CC4CCCCC4)CC3CCC(=O)O)c2c1. The van der Waals surface area contributed by atoms with Crippen LogP contribution in [0.4, 0.5) is 0 Å². The van der Waals surface area contributed by atoms with Gasteiger partial charge in [0.05, 0.1) is 12.6 Å². The number of nitrogens with zero attached hydrogens (tertiary/aromatic N) is 2. The lowest BCUT2D eigenvalue weighted by Crippen LogP contribution is -2.43. The first-order valence-corrected chi connectivity index (χ1v) is 13.0. The molecule has 4 rings (SSSR count). The average molecular weight is 453 g/mol. The number of methoxy groups -OCH3 is 1. The second-order valence-corrected chi connectivity index (χ2v) is 10.3. The van der Waals surface area contributed by atoms with Crippen LogP contribution in [0.2, 0.25) is 0 Å². The zero-order chi connectivity index (χ0) is 23.0. The molecule has 2 aromatic rings. The normalized spacial score (nSPS) is 22.5. The molecule has 2 fully saturated rings. The van der Waals surface area contributed by atoms with Crippen LogP contribution in [-0.4, -0.2) is 47.7 Å². The number of ether oxygens (including phenoxy) is 1. The van der Waals surface area contributed by atoms with E-state index in [9.17, 15) is 9.90 Å². The third-order valence-corrected chi connectivity index (χ3v) is 8.01. The van der Waals surface area contributed by atoms with Crippen molar-refractivity contribution in [1.82, 2.24) is 9.88 Å². The fourth-order valence-electron chi connectivity index (χ4n) is 6.15. The van der Waals surface area contributed by atoms with E-state index in [1.807, 2.05) is 18.3 Å². The van der Waals surface area contributed by atoms with Crippen LogP contribution in [0.3, 0.4) is 0 Å². The van der Waals surface area contributed by atoms with Gasteiger partial charge in [-0.1, -0.05) is 19.3 Å². The third-order valence-electron chi connectivity index (χ3n) is 8.01. The molecule has 0 radical (unpaired) electrons. The Bertz CT molecular complexity index is 909. The number of fused-ring (bicyclic) bond motifs is 1. The molecule has 1 saturated carbocycles. The minimum atomic E-state index is -0.657. The van der Waals surface area contributed by atoms with Crippen molar-refractivity contribution >= 4 is 16.9 Å². The Morgan fingerprint density at radius 2 is 1.97 bits per heavy atom. The molecular weight excluding hydrogens is 412 g/mol. The Morgan fingerprint density at radius 1 is 1.12 bits per heavy atom. The van der Waals surface area contributed by atoms with Crippen molar-refractivity contribution in [2.24, 2.45) is 17.8 Å². The van der Waals surface area contributed by atoms with E-state index in [0.29, 0.717) is 18.3 Å². The summed E-state index contributed by atoms with van der Waals surface area (Å²) in [6.45, 7) is 3.49. The molecule has 2 atom stereocenters. The fourth-order valence-corrected chi connectivity index (χ4v) is 6.15. The summed E-state index contributed by atoms with van der Waals surface area (Å²) in [5.74, 6) is 2.21. The molecule has 0 bridgehead atoms. The van der Waals surface area contributed by atoms with E-state index in [1.165, 1.54) is 69.0 Å². The van der Waals surface area contributed by atoms with Crippen LogP contribution in [0.1, 0.15) is 69.8 Å². The molecule has 180 valence electrons. The van der Waals surface area contributed by atoms with Crippen molar-refractivity contribution in [2.75, 3.05) is 26.7 Å². The number of carboxylic acids is 1. The zero-order valence-electron chi connectivity index (χ0n) is 20.2. The van der Waals surface area contributed by atoms with Crippen LogP contribution in [0.25, 0.3) is 10.9 Å². The smallest absolute Gasteiger partial charge is 0.303 e. The highest BCUT2D eigenvalue weighted by atomic mass is 16.5. The lowest BCUT2D eigenvalue weighted by Gasteiger charge is -2.40. The third kappa shape index (κ3) is 6.69. The van der Waals surface area contributed by atoms with Crippen molar-refractivity contribution in [2.45, 2.75) is 70.6 Å². The van der Waals surface area contributed by atoms with E-state index >= 15 is 0 Å². The molecular formula is C28H40N2O3. The Balaban J connectivity index is 1.35. The standard InChI is InChI=1S/C28H40N2O3/c1-33-25-11-12-27-26(18-25)23(14-16-29-27)9-5-8-22-15-17-30(19-21-6-3-2-4-7-21)20-24(22)10-13-28(31)32/h11-12,14,16,18,21-22,24H,2-10,13,15,17,19-20H2,1H3,(H,31,32). The number of pyridine rings is 1. The molecule has 2 unspecified atom stereocenters. The highest BCUT2D eigenvalue weighted by Gasteiger charge is 2.30. The molecule has 5 nitrogen and oxygen atoms in total. The number of carboxylic acid groups (broad SMARTS) is 1. The summed E-state index contributed by atoms with van der Waals surface area (Å²) in [4.78, 5) is 18.5. The molecule has 0 spiro atoms. The molecule has 0 amide bonds. The largest absolute Gasteiger partial charge is 0.497 e. The van der Waals surface area contributed by atoms with Crippen molar-refractivity contribution in [3.8, 4) is 5.75 Å². The molecule has 5 heteroatoms. The van der Waals surface area contributed by atoms with Gasteiger partial charge in [-0.25, -0.2) is 0 Å². The topological polar surface area (TPSA) is 62.7 Å². The Kier molecular flexibility index (Phi) is 8.60. The predicted octanol–water partition coefficient (Wildman–Crippen LogP) is 5.95. The molecule has 1 aromatic heterocycles. The van der Waals surface area contributed by atoms with Crippen LogP contribution in [0, 0.1) is 17.8 Å². The van der Waals surface area contributed by atoms with E-state index in [-0.39, 0.29) is 0 Å². The lowest BCUT2D eigenvalue weighted by molar-refractivity contribution is -0.137. The maximum atomic E-state index is 11.3. The molecule has 33 heavy (non-hydrogen) atoms. The number of carbonyl (C=O) groups is 1. The average Bonchev–Trinajstić information content (AvgIpc) is 2.84. The van der Waals surface area contributed by atoms with Gasteiger partial charge in [-0.05, 0) is 99.1 Å². The summed E-state index contributed by atoms with van der Waals surface area (Å²) in [5, 5.41) is 10.5. The summed E-state index contributed by atoms with van der Waals surface area (Å²) < 4.78 is 5.42. The lowest BCUT2D eigenvalue weighted by atomic mass is 9.78. The number of hydrogen-bond donors (Lipinski definition) is 1. The summed E-state index contributed by atoms with van der Waals surface area (Å²) in [6.07, 6.45) is 14.5. The Morgan fingerprint density at radius 3 is 2.76 bits per heavy atom. The van der Waals surface area contributed by atoms with Gasteiger partial charge in [0.25, 0.3) is 0 Å². The van der Waals surface area contributed by atoms with Gasteiger partial charge in [-0.2, -0.15) is 0 Å². The molecule has 2 aliphatic rings. The van der Waals surface area contributed by atoms with E-state index < -0.39 is 5.97 Å². The van der Waals surface area contributed by atoms with Crippen molar-refractivity contribution in [3.63, 3.8) is 0 Å². The molecule has 1 aliphatic carbocycles. The van der Waals surface area contributed by atoms with Crippen LogP contribution in [0.15, 0.2) is 30.5 Å². The number of likely N-dealkylation sites (tertiary alicyclic amines) is 1. The number of aromatic nitrogens is 1. The number of hydrogen-bond acceptors (Lipinski definition) is 4. The van der Waals surface area contributed by atoms with Gasteiger partial charge in [0.1, 0.15) is 5.75 Å². The second kappa shape index (κ2) is 11.8. The number of aryl methyl sites for hydroxylation is 1. The van der Waals surface area contributed by atoms with E-state index in [1.54, 1.807) is 7.11 Å². The maximum absolute atomic E-state index is 11.3. The van der Waals surface area contributed by atoms with Crippen LogP contribution >= 0.6 is 0 Å². The van der Waals surface area contributed by atoms with Gasteiger partial charge in [0, 0.05) is 31.1 Å². The van der Waals surface area contributed by atoms with Gasteiger partial charge < -0.3 is 14.7 Å². The first-order chi connectivity index (χ1) is 16.1. The highest BCUT2D eigenvalue weighted by Crippen LogP contribution is 2.34. The van der Waals surface area contributed by atoms with Gasteiger partial charge in [0.15, 0.2) is 0 Å². The number of rotatable bonds is 10. The van der Waals surface area contributed by atoms with Crippen LogP contribution in [0.5, 0.6) is 5.75 Å². The molecule has 1 N–H and O–H groups in total. The van der Waals surface area contributed by atoms with Crippen molar-refractivity contribution in [3.05, 3.63) is 36.0 Å². The van der Waals surface area contributed by atoms with E-state index in [2.05, 4.69) is 22.0 Å². The maximum Gasteiger partial charge on any atom is 0.303 e. The molecule has 1 aromatic carbocycles. The summed E-state index contributed by atoms with van der Waals surface area (Å²) in [5.41, 5.74) is 2.35. The van der Waals surface area contributed by atoms with E-state index in [4.69, 9.17) is 4.74 Å². The van der Waals surface area contributed by atoms with Gasteiger partial charge in [0.2, 0.25) is 0 Å². The molecule has 1 aliphatic heterocycles. The molecule has 1 saturated heterocycles. The number of piperidine rings is 1. The van der Waals surface area contributed by atoms with Crippen LogP contribution < -0.4 is 4.74 Å². The highest BCUT2D eigenvalue weighted by molar-refractivity contribution is 5.83. The van der Waals surface area contributed by atoms with Crippen LogP contribution in [-0.2, 0) is 11.2 Å².